The highest BCUT2D eigenvalue weighted by atomic mass is 32.2. The van der Waals surface area contributed by atoms with Crippen molar-refractivity contribution >= 4 is 28.8 Å². The first-order valence-electron chi connectivity index (χ1n) is 4.92. The first-order valence-corrected chi connectivity index (χ1v) is 5.80. The number of carboxylic acids is 1. The van der Waals surface area contributed by atoms with Crippen LogP contribution in [0.15, 0.2) is 23.1 Å². The van der Waals surface area contributed by atoms with E-state index in [4.69, 9.17) is 5.11 Å². The first-order chi connectivity index (χ1) is 7.56. The summed E-state index contributed by atoms with van der Waals surface area (Å²) in [6.45, 7) is 3.57. The second kappa shape index (κ2) is 4.17. The van der Waals surface area contributed by atoms with Gasteiger partial charge in [0.25, 0.3) is 0 Å². The number of aromatic nitrogens is 2. The fourth-order valence-corrected chi connectivity index (χ4v) is 2.29. The second-order valence-electron chi connectivity index (χ2n) is 3.60. The van der Waals surface area contributed by atoms with E-state index in [2.05, 4.69) is 9.97 Å². The van der Waals surface area contributed by atoms with Crippen LogP contribution >= 0.6 is 11.8 Å². The molecule has 2 aromatic rings. The molecular formula is C11H12N2O2S. The third-order valence-electron chi connectivity index (χ3n) is 2.23. The van der Waals surface area contributed by atoms with Gasteiger partial charge in [-0.1, -0.05) is 0 Å². The van der Waals surface area contributed by atoms with Gasteiger partial charge in [-0.15, -0.1) is 11.8 Å². The summed E-state index contributed by atoms with van der Waals surface area (Å²) in [5.74, 6) is 0.0642. The Hall–Kier alpha value is -1.49. The average Bonchev–Trinajstić information content (AvgIpc) is 2.57. The number of hydrogen-bond acceptors (Lipinski definition) is 3. The fraction of sp³-hybridized carbons (Fsp3) is 0.273. The topological polar surface area (TPSA) is 66.0 Å². The van der Waals surface area contributed by atoms with Gasteiger partial charge in [-0.25, -0.2) is 4.98 Å². The number of aliphatic carboxylic acids is 1. The number of carbonyl (C=O) groups is 1. The van der Waals surface area contributed by atoms with Gasteiger partial charge in [0, 0.05) is 4.90 Å². The number of thioether (sulfide) groups is 1. The molecule has 0 aliphatic heterocycles. The average molecular weight is 236 g/mol. The molecule has 0 aliphatic rings. The number of hydrogen-bond donors (Lipinski definition) is 2. The van der Waals surface area contributed by atoms with Crippen molar-refractivity contribution in [3.63, 3.8) is 0 Å². The molecule has 4 nitrogen and oxygen atoms in total. The Bertz CT molecular complexity index is 536. The van der Waals surface area contributed by atoms with Gasteiger partial charge in [0.05, 0.1) is 11.0 Å². The van der Waals surface area contributed by atoms with E-state index in [1.165, 1.54) is 11.8 Å². The maximum atomic E-state index is 10.7. The highest BCUT2D eigenvalue weighted by Crippen LogP contribution is 2.26. The molecule has 0 saturated heterocycles. The van der Waals surface area contributed by atoms with Crippen molar-refractivity contribution in [1.82, 2.24) is 9.97 Å². The van der Waals surface area contributed by atoms with Crippen LogP contribution in [0.3, 0.4) is 0 Å². The maximum Gasteiger partial charge on any atom is 0.316 e. The van der Waals surface area contributed by atoms with Crippen LogP contribution in [0, 0.1) is 6.92 Å². The molecule has 0 fully saturated rings. The van der Waals surface area contributed by atoms with E-state index in [1.807, 2.05) is 25.1 Å². The fourth-order valence-electron chi connectivity index (χ4n) is 1.44. The Morgan fingerprint density at radius 2 is 2.31 bits per heavy atom. The predicted octanol–water partition coefficient (Wildman–Crippen LogP) is 2.44. The van der Waals surface area contributed by atoms with Gasteiger partial charge in [-0.05, 0) is 32.0 Å². The molecule has 0 amide bonds. The van der Waals surface area contributed by atoms with Crippen LogP contribution < -0.4 is 0 Å². The van der Waals surface area contributed by atoms with Crippen molar-refractivity contribution in [3.8, 4) is 0 Å². The maximum absolute atomic E-state index is 10.7. The molecule has 84 valence electrons. The summed E-state index contributed by atoms with van der Waals surface area (Å²) in [5.41, 5.74) is 1.85. The molecule has 0 spiro atoms. The molecular weight excluding hydrogens is 224 g/mol. The smallest absolute Gasteiger partial charge is 0.316 e. The number of aryl methyl sites for hydroxylation is 1. The van der Waals surface area contributed by atoms with E-state index in [0.29, 0.717) is 0 Å². The summed E-state index contributed by atoms with van der Waals surface area (Å²) in [5, 5.41) is 8.38. The molecule has 1 heterocycles. The van der Waals surface area contributed by atoms with Gasteiger partial charge >= 0.3 is 5.97 Å². The quantitative estimate of drug-likeness (QED) is 0.803. The lowest BCUT2D eigenvalue weighted by molar-refractivity contribution is -0.136. The van der Waals surface area contributed by atoms with Crippen molar-refractivity contribution in [3.05, 3.63) is 24.0 Å². The molecule has 2 rings (SSSR count). The number of rotatable bonds is 3. The molecule has 16 heavy (non-hydrogen) atoms. The van der Waals surface area contributed by atoms with Gasteiger partial charge in [-0.2, -0.15) is 0 Å². The van der Waals surface area contributed by atoms with Crippen LogP contribution in [0.1, 0.15) is 12.7 Å². The summed E-state index contributed by atoms with van der Waals surface area (Å²) >= 11 is 1.33. The SMILES string of the molecule is Cc1nc2ccc(SC(C)C(=O)O)cc2[nH]1. The zero-order valence-corrected chi connectivity index (χ0v) is 9.84. The van der Waals surface area contributed by atoms with E-state index in [9.17, 15) is 4.79 Å². The minimum absolute atomic E-state index is 0.443. The van der Waals surface area contributed by atoms with E-state index >= 15 is 0 Å². The Balaban J connectivity index is 2.28. The van der Waals surface area contributed by atoms with E-state index < -0.39 is 11.2 Å². The number of imidazole rings is 1. The molecule has 1 unspecified atom stereocenters. The number of H-pyrrole nitrogens is 1. The van der Waals surface area contributed by atoms with Crippen molar-refractivity contribution in [1.29, 1.82) is 0 Å². The number of nitrogens with zero attached hydrogens (tertiary/aromatic N) is 1. The van der Waals surface area contributed by atoms with Crippen LogP contribution in [-0.4, -0.2) is 26.3 Å². The lowest BCUT2D eigenvalue weighted by Gasteiger charge is -2.05. The Labute approximate surface area is 97.1 Å². The first kappa shape index (κ1) is 11.0. The minimum Gasteiger partial charge on any atom is -0.480 e. The Morgan fingerprint density at radius 3 is 3.00 bits per heavy atom. The van der Waals surface area contributed by atoms with Gasteiger partial charge in [0.15, 0.2) is 0 Å². The van der Waals surface area contributed by atoms with Crippen molar-refractivity contribution < 1.29 is 9.90 Å². The predicted molar refractivity (Wildman–Crippen MR) is 63.8 cm³/mol. The zero-order chi connectivity index (χ0) is 11.7. The number of nitrogens with one attached hydrogen (secondary N) is 1. The van der Waals surface area contributed by atoms with Gasteiger partial charge < -0.3 is 10.1 Å². The lowest BCUT2D eigenvalue weighted by atomic mass is 10.3. The number of carboxylic acid groups (broad SMARTS) is 1. The highest BCUT2D eigenvalue weighted by molar-refractivity contribution is 8.00. The highest BCUT2D eigenvalue weighted by Gasteiger charge is 2.12. The summed E-state index contributed by atoms with van der Waals surface area (Å²) in [6.07, 6.45) is 0. The number of benzene rings is 1. The third-order valence-corrected chi connectivity index (χ3v) is 3.31. The minimum atomic E-state index is -0.800. The zero-order valence-electron chi connectivity index (χ0n) is 9.02. The molecule has 1 aromatic heterocycles. The van der Waals surface area contributed by atoms with E-state index in [0.717, 1.165) is 21.8 Å². The second-order valence-corrected chi connectivity index (χ2v) is 5.01. The van der Waals surface area contributed by atoms with Gasteiger partial charge in [-0.3, -0.25) is 4.79 Å². The van der Waals surface area contributed by atoms with Crippen LogP contribution in [0.2, 0.25) is 0 Å². The molecule has 0 saturated carbocycles. The summed E-state index contributed by atoms with van der Waals surface area (Å²) in [7, 11) is 0. The lowest BCUT2D eigenvalue weighted by Crippen LogP contribution is -2.10. The van der Waals surface area contributed by atoms with Gasteiger partial charge in [0.2, 0.25) is 0 Å². The molecule has 0 radical (unpaired) electrons. The largest absolute Gasteiger partial charge is 0.480 e. The summed E-state index contributed by atoms with van der Waals surface area (Å²) in [4.78, 5) is 19.1. The van der Waals surface area contributed by atoms with Crippen molar-refractivity contribution in [2.75, 3.05) is 0 Å². The molecule has 0 bridgehead atoms. The van der Waals surface area contributed by atoms with Gasteiger partial charge in [0.1, 0.15) is 11.1 Å². The van der Waals surface area contributed by atoms with Crippen LogP contribution in [0.4, 0.5) is 0 Å². The van der Waals surface area contributed by atoms with E-state index in [1.54, 1.807) is 6.92 Å². The number of fused-ring (bicyclic) bond motifs is 1. The molecule has 0 aliphatic carbocycles. The Kier molecular flexibility index (Phi) is 2.87. The standard InChI is InChI=1S/C11H12N2O2S/c1-6(11(14)15)16-8-3-4-9-10(5-8)13-7(2)12-9/h3-6H,1-2H3,(H,12,13)(H,14,15). The number of aromatic amines is 1. The third kappa shape index (κ3) is 2.19. The van der Waals surface area contributed by atoms with E-state index in [-0.39, 0.29) is 0 Å². The summed E-state index contributed by atoms with van der Waals surface area (Å²) in [6, 6.07) is 5.72. The molecule has 2 N–H and O–H groups in total. The summed E-state index contributed by atoms with van der Waals surface area (Å²) < 4.78 is 0. The Morgan fingerprint density at radius 1 is 1.56 bits per heavy atom. The van der Waals surface area contributed by atoms with Crippen molar-refractivity contribution in [2.45, 2.75) is 24.0 Å². The van der Waals surface area contributed by atoms with Crippen molar-refractivity contribution in [2.24, 2.45) is 0 Å². The molecule has 5 heteroatoms. The monoisotopic (exact) mass is 236 g/mol. The molecule has 1 aromatic carbocycles. The molecule has 1 atom stereocenters. The van der Waals surface area contributed by atoms with Crippen LogP contribution in [0.5, 0.6) is 0 Å². The van der Waals surface area contributed by atoms with Crippen LogP contribution in [-0.2, 0) is 4.79 Å². The normalized spacial score (nSPS) is 12.9. The van der Waals surface area contributed by atoms with Crippen LogP contribution in [0.25, 0.3) is 11.0 Å².